The van der Waals surface area contributed by atoms with Crippen molar-refractivity contribution in [2.24, 2.45) is 5.92 Å². The normalized spacial score (nSPS) is 17.8. The SMILES string of the molecule is COc1cc(OC)c(Cl)c(-c2ccc3nc(NC4CN(C(=O)OC(C)(C)C)CC4C)ncc3c2)c1Cl. The van der Waals surface area contributed by atoms with E-state index in [0.717, 1.165) is 16.5 Å². The fourth-order valence-corrected chi connectivity index (χ4v) is 4.91. The average Bonchev–Trinajstić information content (AvgIpc) is 3.18. The van der Waals surface area contributed by atoms with Crippen LogP contribution in [0.3, 0.4) is 0 Å². The van der Waals surface area contributed by atoms with Crippen LogP contribution in [0.2, 0.25) is 10.0 Å². The molecule has 0 bridgehead atoms. The largest absolute Gasteiger partial charge is 0.495 e. The molecule has 1 aliphatic rings. The van der Waals surface area contributed by atoms with E-state index in [2.05, 4.69) is 22.2 Å². The Morgan fingerprint density at radius 2 is 1.75 bits per heavy atom. The van der Waals surface area contributed by atoms with E-state index in [9.17, 15) is 4.79 Å². The van der Waals surface area contributed by atoms with Gasteiger partial charge in [-0.2, -0.15) is 0 Å². The fraction of sp³-hybridized carbons (Fsp3) is 0.423. The van der Waals surface area contributed by atoms with Gasteiger partial charge < -0.3 is 24.4 Å². The number of fused-ring (bicyclic) bond motifs is 1. The summed E-state index contributed by atoms with van der Waals surface area (Å²) in [5, 5.41) is 4.99. The molecule has 36 heavy (non-hydrogen) atoms. The predicted molar refractivity (Wildman–Crippen MR) is 142 cm³/mol. The van der Waals surface area contributed by atoms with Crippen molar-refractivity contribution < 1.29 is 19.0 Å². The predicted octanol–water partition coefficient (Wildman–Crippen LogP) is 6.29. The minimum Gasteiger partial charge on any atom is -0.495 e. The number of ether oxygens (including phenoxy) is 3. The van der Waals surface area contributed by atoms with Crippen LogP contribution in [0.5, 0.6) is 11.5 Å². The van der Waals surface area contributed by atoms with Gasteiger partial charge in [-0.05, 0) is 44.4 Å². The first-order valence-electron chi connectivity index (χ1n) is 11.6. The van der Waals surface area contributed by atoms with Gasteiger partial charge in [0.1, 0.15) is 17.1 Å². The van der Waals surface area contributed by atoms with Gasteiger partial charge in [-0.15, -0.1) is 0 Å². The van der Waals surface area contributed by atoms with Crippen LogP contribution < -0.4 is 14.8 Å². The van der Waals surface area contributed by atoms with E-state index >= 15 is 0 Å². The molecule has 10 heteroatoms. The summed E-state index contributed by atoms with van der Waals surface area (Å²) in [7, 11) is 3.08. The number of likely N-dealkylation sites (tertiary alicyclic amines) is 1. The van der Waals surface area contributed by atoms with Crippen LogP contribution in [-0.2, 0) is 4.74 Å². The number of carbonyl (C=O) groups is 1. The van der Waals surface area contributed by atoms with E-state index < -0.39 is 5.60 Å². The smallest absolute Gasteiger partial charge is 0.410 e. The third kappa shape index (κ3) is 5.39. The highest BCUT2D eigenvalue weighted by molar-refractivity contribution is 6.41. The van der Waals surface area contributed by atoms with Crippen molar-refractivity contribution in [2.45, 2.75) is 39.3 Å². The zero-order valence-corrected chi connectivity index (χ0v) is 22.7. The summed E-state index contributed by atoms with van der Waals surface area (Å²) >= 11 is 13.2. The molecule has 4 rings (SSSR count). The second-order valence-electron chi connectivity index (χ2n) is 9.86. The van der Waals surface area contributed by atoms with Crippen molar-refractivity contribution in [2.75, 3.05) is 32.6 Å². The van der Waals surface area contributed by atoms with Crippen LogP contribution in [0.4, 0.5) is 10.7 Å². The van der Waals surface area contributed by atoms with E-state index in [1.54, 1.807) is 31.4 Å². The summed E-state index contributed by atoms with van der Waals surface area (Å²) < 4.78 is 16.3. The van der Waals surface area contributed by atoms with Gasteiger partial charge in [0.05, 0.1) is 35.8 Å². The zero-order chi connectivity index (χ0) is 26.2. The number of hydrogen-bond donors (Lipinski definition) is 1. The monoisotopic (exact) mass is 532 g/mol. The number of nitrogens with zero attached hydrogens (tertiary/aromatic N) is 3. The van der Waals surface area contributed by atoms with Gasteiger partial charge in [-0.25, -0.2) is 14.8 Å². The van der Waals surface area contributed by atoms with E-state index in [0.29, 0.717) is 46.1 Å². The van der Waals surface area contributed by atoms with Crippen molar-refractivity contribution in [1.82, 2.24) is 14.9 Å². The number of methoxy groups -OCH3 is 2. The lowest BCUT2D eigenvalue weighted by Crippen LogP contribution is -2.36. The summed E-state index contributed by atoms with van der Waals surface area (Å²) in [6, 6.07) is 7.38. The Kier molecular flexibility index (Phi) is 7.38. The quantitative estimate of drug-likeness (QED) is 0.413. The summed E-state index contributed by atoms with van der Waals surface area (Å²) in [5.41, 5.74) is 1.63. The number of anilines is 1. The van der Waals surface area contributed by atoms with E-state index in [1.807, 2.05) is 39.0 Å². The Bertz CT molecular complexity index is 1270. The van der Waals surface area contributed by atoms with Crippen molar-refractivity contribution in [1.29, 1.82) is 0 Å². The summed E-state index contributed by atoms with van der Waals surface area (Å²) in [6.07, 6.45) is 1.44. The maximum absolute atomic E-state index is 12.5. The molecule has 1 aromatic heterocycles. The standard InChI is InChI=1S/C26H30Cl2N4O4/c1-14-12-32(25(33)36-26(2,3)4)13-18(14)31-24-29-11-16-9-15(7-8-17(16)30-24)21-22(27)19(34-5)10-20(35-6)23(21)28/h7-11,14,18H,12-13H2,1-6H3,(H,29,30,31). The molecule has 2 aromatic carbocycles. The first-order chi connectivity index (χ1) is 17.0. The van der Waals surface area contributed by atoms with Gasteiger partial charge in [0, 0.05) is 36.3 Å². The molecule has 2 atom stereocenters. The lowest BCUT2D eigenvalue weighted by Gasteiger charge is -2.24. The molecule has 8 nitrogen and oxygen atoms in total. The lowest BCUT2D eigenvalue weighted by atomic mass is 10.0. The molecule has 1 amide bonds. The molecule has 2 heterocycles. The Labute approximate surface area is 220 Å². The fourth-order valence-electron chi connectivity index (χ4n) is 4.19. The van der Waals surface area contributed by atoms with Crippen LogP contribution in [-0.4, -0.2) is 59.9 Å². The van der Waals surface area contributed by atoms with Crippen LogP contribution in [0, 0.1) is 5.92 Å². The molecule has 1 fully saturated rings. The molecule has 1 aliphatic heterocycles. The van der Waals surface area contributed by atoms with Gasteiger partial charge in [0.25, 0.3) is 0 Å². The number of amides is 1. The van der Waals surface area contributed by atoms with E-state index in [-0.39, 0.29) is 18.1 Å². The van der Waals surface area contributed by atoms with E-state index in [4.69, 9.17) is 37.4 Å². The van der Waals surface area contributed by atoms with Crippen LogP contribution >= 0.6 is 23.2 Å². The molecule has 0 radical (unpaired) electrons. The Balaban J connectivity index is 1.56. The van der Waals surface area contributed by atoms with Crippen LogP contribution in [0.25, 0.3) is 22.0 Å². The number of halogens is 2. The topological polar surface area (TPSA) is 85.8 Å². The number of rotatable bonds is 5. The lowest BCUT2D eigenvalue weighted by molar-refractivity contribution is 0.0288. The molecule has 0 saturated carbocycles. The van der Waals surface area contributed by atoms with Crippen molar-refractivity contribution in [3.05, 3.63) is 40.5 Å². The highest BCUT2D eigenvalue weighted by Crippen LogP contribution is 2.46. The second-order valence-corrected chi connectivity index (χ2v) is 10.6. The summed E-state index contributed by atoms with van der Waals surface area (Å²) in [6.45, 7) is 8.80. The van der Waals surface area contributed by atoms with E-state index in [1.165, 1.54) is 0 Å². The van der Waals surface area contributed by atoms with Gasteiger partial charge >= 0.3 is 6.09 Å². The molecule has 0 spiro atoms. The Morgan fingerprint density at radius 3 is 2.36 bits per heavy atom. The van der Waals surface area contributed by atoms with Crippen molar-refractivity contribution in [3.8, 4) is 22.6 Å². The molecule has 0 aliphatic carbocycles. The molecule has 192 valence electrons. The first kappa shape index (κ1) is 26.1. The van der Waals surface area contributed by atoms with Gasteiger partial charge in [0.2, 0.25) is 5.95 Å². The number of hydrogen-bond acceptors (Lipinski definition) is 7. The maximum Gasteiger partial charge on any atom is 0.410 e. The molecule has 1 saturated heterocycles. The number of aromatic nitrogens is 2. The molecule has 3 aromatic rings. The number of carbonyl (C=O) groups excluding carboxylic acids is 1. The van der Waals surface area contributed by atoms with Crippen molar-refractivity contribution >= 4 is 46.1 Å². The molecular formula is C26H30Cl2N4O4. The van der Waals surface area contributed by atoms with Gasteiger partial charge in [-0.3, -0.25) is 0 Å². The van der Waals surface area contributed by atoms with Crippen LogP contribution in [0.1, 0.15) is 27.7 Å². The number of nitrogens with one attached hydrogen (secondary N) is 1. The molecule has 2 unspecified atom stereocenters. The summed E-state index contributed by atoms with van der Waals surface area (Å²) in [4.78, 5) is 23.4. The highest BCUT2D eigenvalue weighted by Gasteiger charge is 2.35. The second kappa shape index (κ2) is 10.2. The molecule has 1 N–H and O–H groups in total. The van der Waals surface area contributed by atoms with Crippen molar-refractivity contribution in [3.63, 3.8) is 0 Å². The molecular weight excluding hydrogens is 503 g/mol. The first-order valence-corrected chi connectivity index (χ1v) is 12.4. The minimum absolute atomic E-state index is 0.0103. The Morgan fingerprint density at radius 1 is 1.08 bits per heavy atom. The highest BCUT2D eigenvalue weighted by atomic mass is 35.5. The average molecular weight is 533 g/mol. The van der Waals surface area contributed by atoms with Gasteiger partial charge in [-0.1, -0.05) is 36.2 Å². The number of benzene rings is 2. The minimum atomic E-state index is -0.531. The Hall–Kier alpha value is -2.97. The van der Waals surface area contributed by atoms with Crippen LogP contribution in [0.15, 0.2) is 30.5 Å². The van der Waals surface area contributed by atoms with Gasteiger partial charge in [0.15, 0.2) is 0 Å². The zero-order valence-electron chi connectivity index (χ0n) is 21.2. The third-order valence-corrected chi connectivity index (χ3v) is 6.77. The maximum atomic E-state index is 12.5. The third-order valence-electron chi connectivity index (χ3n) is 6.02. The summed E-state index contributed by atoms with van der Waals surface area (Å²) in [5.74, 6) is 1.65.